The lowest BCUT2D eigenvalue weighted by atomic mass is 9.92. The lowest BCUT2D eigenvalue weighted by Gasteiger charge is -2.17. The van der Waals surface area contributed by atoms with E-state index < -0.39 is 5.82 Å². The van der Waals surface area contributed by atoms with Crippen LogP contribution in [-0.2, 0) is 4.79 Å². The highest BCUT2D eigenvalue weighted by Gasteiger charge is 2.22. The van der Waals surface area contributed by atoms with Crippen LogP contribution in [0.1, 0.15) is 27.2 Å². The summed E-state index contributed by atoms with van der Waals surface area (Å²) in [5.74, 6) is -0.313. The fourth-order valence-electron chi connectivity index (χ4n) is 4.33. The molecule has 190 valence electrons. The van der Waals surface area contributed by atoms with Gasteiger partial charge in [-0.3, -0.25) is 19.9 Å². The van der Waals surface area contributed by atoms with E-state index in [1.54, 1.807) is 36.9 Å². The van der Waals surface area contributed by atoms with E-state index in [1.807, 2.05) is 20.8 Å². The van der Waals surface area contributed by atoms with Gasteiger partial charge in [0, 0.05) is 41.7 Å². The third-order valence-electron chi connectivity index (χ3n) is 5.97. The molecule has 6 rings (SSSR count). The Morgan fingerprint density at radius 3 is 2.76 bits per heavy atom. The molecule has 11 heteroatoms. The largest absolute Gasteiger partial charge is 0.472 e. The van der Waals surface area contributed by atoms with Gasteiger partial charge >= 0.3 is 0 Å². The highest BCUT2D eigenvalue weighted by molar-refractivity contribution is 5.97. The van der Waals surface area contributed by atoms with Crippen LogP contribution in [0.25, 0.3) is 56.0 Å². The molecule has 6 aromatic rings. The molecule has 0 aliphatic carbocycles. The van der Waals surface area contributed by atoms with E-state index in [-0.39, 0.29) is 33.6 Å². The summed E-state index contributed by atoms with van der Waals surface area (Å²) in [5, 5.41) is 10.1. The third-order valence-corrected chi connectivity index (χ3v) is 5.97. The molecule has 0 radical (unpaired) electrons. The minimum absolute atomic E-state index is 0.142. The van der Waals surface area contributed by atoms with Crippen LogP contribution < -0.4 is 5.32 Å². The third kappa shape index (κ3) is 4.27. The maximum absolute atomic E-state index is 16.0. The summed E-state index contributed by atoms with van der Waals surface area (Å²) in [6.07, 6.45) is 9.61. The number of pyridine rings is 3. The average Bonchev–Trinajstić information content (AvgIpc) is 3.62. The number of carbonyl (C=O) groups is 1. The van der Waals surface area contributed by atoms with Gasteiger partial charge in [-0.15, -0.1) is 0 Å². The summed E-state index contributed by atoms with van der Waals surface area (Å²) in [7, 11) is 0. The fourth-order valence-corrected chi connectivity index (χ4v) is 4.33. The van der Waals surface area contributed by atoms with Gasteiger partial charge < -0.3 is 14.7 Å². The number of fused-ring (bicyclic) bond motifs is 2. The molecule has 6 aromatic heterocycles. The van der Waals surface area contributed by atoms with Gasteiger partial charge in [0.05, 0.1) is 35.3 Å². The van der Waals surface area contributed by atoms with E-state index in [0.29, 0.717) is 34.7 Å². The molecule has 1 amide bonds. The Bertz CT molecular complexity index is 1800. The van der Waals surface area contributed by atoms with Crippen LogP contribution in [0.2, 0.25) is 0 Å². The van der Waals surface area contributed by atoms with E-state index in [4.69, 9.17) is 4.42 Å². The van der Waals surface area contributed by atoms with Crippen LogP contribution in [0.15, 0.2) is 59.9 Å². The van der Waals surface area contributed by atoms with Gasteiger partial charge in [-0.05, 0) is 23.6 Å². The molecule has 0 fully saturated rings. The van der Waals surface area contributed by atoms with E-state index in [2.05, 4.69) is 40.4 Å². The lowest BCUT2D eigenvalue weighted by molar-refractivity contribution is -0.117. The zero-order valence-corrected chi connectivity index (χ0v) is 20.8. The number of nitrogens with zero attached hydrogens (tertiary/aromatic N) is 5. The average molecular weight is 511 g/mol. The topological polar surface area (TPSA) is 138 Å². The van der Waals surface area contributed by atoms with Crippen molar-refractivity contribution in [2.24, 2.45) is 5.41 Å². The quantitative estimate of drug-likeness (QED) is 0.269. The van der Waals surface area contributed by atoms with Gasteiger partial charge in [0.25, 0.3) is 0 Å². The predicted molar refractivity (Wildman–Crippen MR) is 140 cm³/mol. The molecule has 0 aliphatic rings. The van der Waals surface area contributed by atoms with Crippen molar-refractivity contribution in [1.29, 1.82) is 0 Å². The first kappa shape index (κ1) is 23.5. The second kappa shape index (κ2) is 8.87. The summed E-state index contributed by atoms with van der Waals surface area (Å²) >= 11 is 0. The van der Waals surface area contributed by atoms with Crippen molar-refractivity contribution in [3.63, 3.8) is 0 Å². The number of furan rings is 1. The first-order chi connectivity index (χ1) is 18.3. The number of anilines is 1. The van der Waals surface area contributed by atoms with Crippen LogP contribution in [0.4, 0.5) is 10.1 Å². The molecule has 6 heterocycles. The second-order valence-electron chi connectivity index (χ2n) is 10.2. The monoisotopic (exact) mass is 510 g/mol. The summed E-state index contributed by atoms with van der Waals surface area (Å²) in [5.41, 5.74) is 4.28. The maximum Gasteiger partial charge on any atom is 0.224 e. The van der Waals surface area contributed by atoms with E-state index in [0.717, 1.165) is 11.1 Å². The number of carbonyl (C=O) groups excluding carboxylic acids is 1. The molecular formula is C27H23FN8O2. The Labute approximate surface area is 215 Å². The minimum atomic E-state index is -0.535. The van der Waals surface area contributed by atoms with Gasteiger partial charge in [-0.2, -0.15) is 5.10 Å². The summed E-state index contributed by atoms with van der Waals surface area (Å²) in [4.78, 5) is 33.3. The van der Waals surface area contributed by atoms with Crippen molar-refractivity contribution in [1.82, 2.24) is 35.1 Å². The Morgan fingerprint density at radius 2 is 1.97 bits per heavy atom. The smallest absolute Gasteiger partial charge is 0.224 e. The van der Waals surface area contributed by atoms with Crippen LogP contribution in [-0.4, -0.2) is 41.0 Å². The van der Waals surface area contributed by atoms with Crippen molar-refractivity contribution < 1.29 is 13.6 Å². The maximum atomic E-state index is 16.0. The second-order valence-corrected chi connectivity index (χ2v) is 10.2. The van der Waals surface area contributed by atoms with Crippen LogP contribution in [0.5, 0.6) is 0 Å². The summed E-state index contributed by atoms with van der Waals surface area (Å²) in [6, 6.07) is 5.25. The van der Waals surface area contributed by atoms with Crippen LogP contribution in [0, 0.1) is 11.2 Å². The van der Waals surface area contributed by atoms with Gasteiger partial charge in [-0.1, -0.05) is 20.8 Å². The highest BCUT2D eigenvalue weighted by Crippen LogP contribution is 2.34. The summed E-state index contributed by atoms with van der Waals surface area (Å²) < 4.78 is 21.2. The highest BCUT2D eigenvalue weighted by atomic mass is 19.1. The van der Waals surface area contributed by atoms with Gasteiger partial charge in [-0.25, -0.2) is 14.4 Å². The van der Waals surface area contributed by atoms with E-state index in [9.17, 15) is 4.79 Å². The van der Waals surface area contributed by atoms with Crippen molar-refractivity contribution in [3.8, 4) is 33.9 Å². The van der Waals surface area contributed by atoms with Crippen LogP contribution >= 0.6 is 0 Å². The number of hydrogen-bond donors (Lipinski definition) is 3. The number of imidazole rings is 1. The minimum Gasteiger partial charge on any atom is -0.472 e. The van der Waals surface area contributed by atoms with Gasteiger partial charge in [0.2, 0.25) is 5.91 Å². The number of aromatic amines is 2. The van der Waals surface area contributed by atoms with Crippen LogP contribution in [0.3, 0.4) is 0 Å². The zero-order chi connectivity index (χ0) is 26.4. The number of H-pyrrole nitrogens is 2. The molecule has 0 saturated carbocycles. The number of amides is 1. The standard InChI is InChI=1S/C27H23FN8O2/c1-27(2,3)9-19(37)32-16-8-15(10-29-11-16)17-12-31-25-20(21(17)28)24(35-36-25)26-33-18-4-6-30-22(23(18)34-26)14-5-7-38-13-14/h4-8,10-13H,9H2,1-3H3,(H,32,37)(H,33,34)(H,31,35,36). The predicted octanol–water partition coefficient (Wildman–Crippen LogP) is 5.73. The Morgan fingerprint density at radius 1 is 1.11 bits per heavy atom. The van der Waals surface area contributed by atoms with Crippen molar-refractivity contribution in [3.05, 3.63) is 61.3 Å². The molecule has 0 saturated heterocycles. The number of halogens is 1. The number of aromatic nitrogens is 7. The van der Waals surface area contributed by atoms with E-state index >= 15 is 4.39 Å². The molecule has 0 bridgehead atoms. The summed E-state index contributed by atoms with van der Waals surface area (Å²) in [6.45, 7) is 5.95. The molecular weight excluding hydrogens is 487 g/mol. The Hall–Kier alpha value is -4.93. The fraction of sp³-hybridized carbons (Fsp3) is 0.185. The van der Waals surface area contributed by atoms with Gasteiger partial charge in [0.15, 0.2) is 11.5 Å². The number of rotatable bonds is 5. The first-order valence-corrected chi connectivity index (χ1v) is 11.9. The molecule has 0 aliphatic heterocycles. The van der Waals surface area contributed by atoms with Crippen molar-refractivity contribution >= 4 is 33.7 Å². The molecule has 10 nitrogen and oxygen atoms in total. The lowest BCUT2D eigenvalue weighted by Crippen LogP contribution is -2.19. The zero-order valence-electron chi connectivity index (χ0n) is 20.8. The molecule has 3 N–H and O–H groups in total. The Balaban J connectivity index is 1.40. The van der Waals surface area contributed by atoms with E-state index in [1.165, 1.54) is 18.6 Å². The molecule has 0 atom stereocenters. The molecule has 0 spiro atoms. The molecule has 0 unspecified atom stereocenters. The molecule has 0 aromatic carbocycles. The van der Waals surface area contributed by atoms with Crippen molar-refractivity contribution in [2.75, 3.05) is 5.32 Å². The molecule has 38 heavy (non-hydrogen) atoms. The number of hydrogen-bond acceptors (Lipinski definition) is 7. The number of nitrogens with one attached hydrogen (secondary N) is 3. The SMILES string of the molecule is CC(C)(C)CC(=O)Nc1cncc(-c2cnc3[nH]nc(-c4nc5c(-c6ccoc6)nccc5[nH]4)c3c2F)c1. The van der Waals surface area contributed by atoms with Gasteiger partial charge in [0.1, 0.15) is 22.7 Å². The Kier molecular flexibility index (Phi) is 5.48. The first-order valence-electron chi connectivity index (χ1n) is 11.9. The normalized spacial score (nSPS) is 11.9. The van der Waals surface area contributed by atoms with Crippen molar-refractivity contribution in [2.45, 2.75) is 27.2 Å².